The zero-order valence-electron chi connectivity index (χ0n) is 5.65. The van der Waals surface area contributed by atoms with Crippen molar-refractivity contribution in [2.24, 2.45) is 0 Å². The van der Waals surface area contributed by atoms with Crippen LogP contribution in [0.2, 0.25) is 0 Å². The Balaban J connectivity index is 2.81. The van der Waals surface area contributed by atoms with E-state index in [-0.39, 0.29) is 11.5 Å². The van der Waals surface area contributed by atoms with E-state index in [1.165, 1.54) is 13.2 Å². The lowest BCUT2D eigenvalue weighted by molar-refractivity contribution is 0.281. The highest BCUT2D eigenvalue weighted by Gasteiger charge is 2.09. The Morgan fingerprint density at radius 2 is 2.40 bits per heavy atom. The van der Waals surface area contributed by atoms with Gasteiger partial charge in [0.15, 0.2) is 11.6 Å². The topological polar surface area (TPSA) is 33.1 Å². The summed E-state index contributed by atoms with van der Waals surface area (Å²) in [6.45, 7) is 0. The molecule has 0 heterocycles. The summed E-state index contributed by atoms with van der Waals surface area (Å²) in [4.78, 5) is 0. The molecule has 1 N–H and O–H groups in total. The van der Waals surface area contributed by atoms with Crippen LogP contribution >= 0.6 is 0 Å². The van der Waals surface area contributed by atoms with Crippen molar-refractivity contribution in [3.63, 3.8) is 0 Å². The van der Waals surface area contributed by atoms with E-state index in [0.29, 0.717) is 6.42 Å². The molecule has 10 heavy (non-hydrogen) atoms. The third-order valence-corrected chi connectivity index (χ3v) is 1.26. The number of hydrogen-bond acceptors (Lipinski definition) is 2. The summed E-state index contributed by atoms with van der Waals surface area (Å²) < 4.78 is 17.3. The smallest absolute Gasteiger partial charge is 0.166 e. The lowest BCUT2D eigenvalue weighted by atomic mass is 10.1. The summed E-state index contributed by atoms with van der Waals surface area (Å²) in [6, 6.07) is 0. The lowest BCUT2D eigenvalue weighted by Gasteiger charge is -2.07. The van der Waals surface area contributed by atoms with Gasteiger partial charge in [0.05, 0.1) is 7.11 Å². The second-order valence-corrected chi connectivity index (χ2v) is 1.99. The highest BCUT2D eigenvalue weighted by molar-refractivity contribution is 5.95. The molecule has 0 radical (unpaired) electrons. The minimum atomic E-state index is -0.459. The number of allylic oxidation sites excluding steroid dienone is 3. The predicted octanol–water partition coefficient (Wildman–Crippen LogP) is 1.79. The van der Waals surface area contributed by atoms with E-state index in [9.17, 15) is 4.39 Å². The van der Waals surface area contributed by atoms with E-state index in [4.69, 9.17) is 5.41 Å². The summed E-state index contributed by atoms with van der Waals surface area (Å²) >= 11 is 0. The molecular weight excluding hydrogens is 133 g/mol. The minimum Gasteiger partial charge on any atom is -0.494 e. The Bertz CT molecular complexity index is 218. The minimum absolute atomic E-state index is 0.232. The van der Waals surface area contributed by atoms with Gasteiger partial charge in [0.25, 0.3) is 0 Å². The second kappa shape index (κ2) is 2.64. The molecule has 0 aromatic carbocycles. The molecule has 1 rings (SSSR count). The lowest BCUT2D eigenvalue weighted by Crippen LogP contribution is -2.00. The van der Waals surface area contributed by atoms with Crippen LogP contribution in [0.4, 0.5) is 4.39 Å². The number of rotatable bonds is 1. The number of hydrogen-bond donors (Lipinski definition) is 1. The van der Waals surface area contributed by atoms with Crippen LogP contribution in [0.25, 0.3) is 0 Å². The zero-order chi connectivity index (χ0) is 7.56. The molecule has 0 bridgehead atoms. The second-order valence-electron chi connectivity index (χ2n) is 1.99. The average Bonchev–Trinajstić information content (AvgIpc) is 1.88. The molecule has 0 atom stereocenters. The zero-order valence-corrected chi connectivity index (χ0v) is 5.65. The molecule has 0 fully saturated rings. The Morgan fingerprint density at radius 3 is 2.90 bits per heavy atom. The fraction of sp³-hybridized carbons (Fsp3) is 0.286. The van der Waals surface area contributed by atoms with Crippen molar-refractivity contribution in [3.05, 3.63) is 23.7 Å². The summed E-state index contributed by atoms with van der Waals surface area (Å²) in [5.74, 6) is -0.227. The molecule has 0 spiro atoms. The maximum absolute atomic E-state index is 12.6. The molecule has 0 saturated heterocycles. The Kier molecular flexibility index (Phi) is 1.85. The maximum atomic E-state index is 12.6. The van der Waals surface area contributed by atoms with Gasteiger partial charge in [-0.1, -0.05) is 0 Å². The maximum Gasteiger partial charge on any atom is 0.166 e. The van der Waals surface area contributed by atoms with Crippen molar-refractivity contribution < 1.29 is 9.13 Å². The SMILES string of the molecule is COC1=CCC(=N)C=C1F. The normalized spacial score (nSPS) is 18.0. The van der Waals surface area contributed by atoms with Gasteiger partial charge in [-0.2, -0.15) is 0 Å². The van der Waals surface area contributed by atoms with Gasteiger partial charge in [0.1, 0.15) is 0 Å². The molecular formula is C7H8FNO. The fourth-order valence-electron chi connectivity index (χ4n) is 0.764. The molecule has 2 nitrogen and oxygen atoms in total. The molecule has 0 saturated carbocycles. The van der Waals surface area contributed by atoms with E-state index in [2.05, 4.69) is 4.74 Å². The van der Waals surface area contributed by atoms with E-state index < -0.39 is 5.83 Å². The van der Waals surface area contributed by atoms with E-state index in [1.807, 2.05) is 0 Å². The van der Waals surface area contributed by atoms with Gasteiger partial charge in [-0.25, -0.2) is 4.39 Å². The van der Waals surface area contributed by atoms with Crippen molar-refractivity contribution in [3.8, 4) is 0 Å². The molecule has 3 heteroatoms. The van der Waals surface area contributed by atoms with Gasteiger partial charge in [-0.15, -0.1) is 0 Å². The van der Waals surface area contributed by atoms with Crippen molar-refractivity contribution in [1.82, 2.24) is 0 Å². The molecule has 0 amide bonds. The van der Waals surface area contributed by atoms with Gasteiger partial charge >= 0.3 is 0 Å². The number of nitrogens with one attached hydrogen (secondary N) is 1. The largest absolute Gasteiger partial charge is 0.494 e. The van der Waals surface area contributed by atoms with Gasteiger partial charge in [0.2, 0.25) is 0 Å². The van der Waals surface area contributed by atoms with Gasteiger partial charge in [0, 0.05) is 12.1 Å². The highest BCUT2D eigenvalue weighted by Crippen LogP contribution is 2.17. The van der Waals surface area contributed by atoms with Crippen LogP contribution in [0, 0.1) is 5.41 Å². The van der Waals surface area contributed by atoms with E-state index in [1.54, 1.807) is 6.08 Å². The van der Waals surface area contributed by atoms with Crippen molar-refractivity contribution in [2.75, 3.05) is 7.11 Å². The van der Waals surface area contributed by atoms with Crippen molar-refractivity contribution in [1.29, 1.82) is 5.41 Å². The predicted molar refractivity (Wildman–Crippen MR) is 36.6 cm³/mol. The monoisotopic (exact) mass is 141 g/mol. The Labute approximate surface area is 58.5 Å². The molecule has 0 aromatic rings. The van der Waals surface area contributed by atoms with Crippen LogP contribution in [-0.4, -0.2) is 12.8 Å². The van der Waals surface area contributed by atoms with E-state index in [0.717, 1.165) is 0 Å². The van der Waals surface area contributed by atoms with Crippen LogP contribution in [0.3, 0.4) is 0 Å². The first-order chi connectivity index (χ1) is 4.74. The number of halogens is 1. The molecule has 1 aliphatic carbocycles. The number of ether oxygens (including phenoxy) is 1. The van der Waals surface area contributed by atoms with Gasteiger partial charge < -0.3 is 10.1 Å². The summed E-state index contributed by atoms with van der Waals surface area (Å²) in [5.41, 5.74) is 0.276. The van der Waals surface area contributed by atoms with Crippen molar-refractivity contribution in [2.45, 2.75) is 6.42 Å². The molecule has 0 aromatic heterocycles. The Morgan fingerprint density at radius 1 is 1.70 bits per heavy atom. The summed E-state index contributed by atoms with van der Waals surface area (Å²) in [7, 11) is 1.41. The van der Waals surface area contributed by atoms with Crippen LogP contribution in [-0.2, 0) is 4.74 Å². The average molecular weight is 141 g/mol. The van der Waals surface area contributed by atoms with Crippen LogP contribution < -0.4 is 0 Å². The van der Waals surface area contributed by atoms with Crippen LogP contribution in [0.15, 0.2) is 23.7 Å². The Hall–Kier alpha value is -1.12. The van der Waals surface area contributed by atoms with Crippen LogP contribution in [0.1, 0.15) is 6.42 Å². The molecule has 0 aliphatic heterocycles. The van der Waals surface area contributed by atoms with Crippen molar-refractivity contribution >= 4 is 5.71 Å². The van der Waals surface area contributed by atoms with Gasteiger partial charge in [-0.3, -0.25) is 0 Å². The standard InChI is InChI=1S/C7H8FNO/c1-10-7-3-2-5(9)4-6(7)8/h3-4,9H,2H2,1H3. The number of methoxy groups -OCH3 is 1. The quantitative estimate of drug-likeness (QED) is 0.593. The van der Waals surface area contributed by atoms with E-state index >= 15 is 0 Å². The van der Waals surface area contributed by atoms with Crippen LogP contribution in [0.5, 0.6) is 0 Å². The summed E-state index contributed by atoms with van der Waals surface area (Å²) in [6.07, 6.45) is 3.17. The summed E-state index contributed by atoms with van der Waals surface area (Å²) in [5, 5.41) is 7.07. The fourth-order valence-corrected chi connectivity index (χ4v) is 0.764. The third-order valence-electron chi connectivity index (χ3n) is 1.26. The molecule has 0 unspecified atom stereocenters. The highest BCUT2D eigenvalue weighted by atomic mass is 19.1. The first-order valence-electron chi connectivity index (χ1n) is 2.93. The van der Waals surface area contributed by atoms with Gasteiger partial charge in [-0.05, 0) is 12.2 Å². The first kappa shape index (κ1) is 6.99. The third kappa shape index (κ3) is 1.23. The first-order valence-corrected chi connectivity index (χ1v) is 2.93. The molecule has 1 aliphatic rings. The molecule has 54 valence electrons.